The van der Waals surface area contributed by atoms with Crippen LogP contribution in [0.3, 0.4) is 0 Å². The number of rotatable bonds is 7. The second-order valence-electron chi connectivity index (χ2n) is 5.54. The zero-order valence-corrected chi connectivity index (χ0v) is 14.4. The maximum absolute atomic E-state index is 11.4. The Hall–Kier alpha value is -3.19. The van der Waals surface area contributed by atoms with Gasteiger partial charge in [-0.2, -0.15) is 4.98 Å². The number of carbonyl (C=O) groups is 1. The number of hydrogen-bond acceptors (Lipinski definition) is 7. The molecule has 0 radical (unpaired) electrons. The maximum Gasteiger partial charge on any atom is 0.258 e. The van der Waals surface area contributed by atoms with Crippen LogP contribution in [-0.2, 0) is 6.42 Å². The Bertz CT molecular complexity index is 903. The van der Waals surface area contributed by atoms with E-state index in [0.717, 1.165) is 11.1 Å². The maximum atomic E-state index is 11.4. The first kappa shape index (κ1) is 17.6. The number of hydrogen-bond donors (Lipinski definition) is 1. The van der Waals surface area contributed by atoms with Gasteiger partial charge in [-0.3, -0.25) is 4.79 Å². The summed E-state index contributed by atoms with van der Waals surface area (Å²) < 4.78 is 15.8. The van der Waals surface area contributed by atoms with E-state index >= 15 is 0 Å². The van der Waals surface area contributed by atoms with Crippen molar-refractivity contribution in [3.8, 4) is 23.0 Å². The van der Waals surface area contributed by atoms with Gasteiger partial charge in [-0.15, -0.1) is 0 Å². The molecule has 0 aliphatic carbocycles. The number of ether oxygens (including phenoxy) is 2. The minimum Gasteiger partial charge on any atom is -0.493 e. The fourth-order valence-corrected chi connectivity index (χ4v) is 2.49. The topological polar surface area (TPSA) is 94.7 Å². The minimum atomic E-state index is -0.501. The van der Waals surface area contributed by atoms with Gasteiger partial charge in [0.25, 0.3) is 5.89 Å². The number of methoxy groups -OCH3 is 2. The van der Waals surface area contributed by atoms with Crippen LogP contribution in [0.1, 0.15) is 21.7 Å². The van der Waals surface area contributed by atoms with Crippen molar-refractivity contribution >= 4 is 5.78 Å². The highest BCUT2D eigenvalue weighted by molar-refractivity contribution is 5.96. The summed E-state index contributed by atoms with van der Waals surface area (Å²) in [6.07, 6.45) is 0.463. The number of Topliss-reactive ketones (excluding diaryl/α,β-unsaturated/α-hetero) is 1. The van der Waals surface area contributed by atoms with E-state index in [1.165, 1.54) is 0 Å². The highest BCUT2D eigenvalue weighted by Gasteiger charge is 2.13. The van der Waals surface area contributed by atoms with Gasteiger partial charge < -0.3 is 19.1 Å². The van der Waals surface area contributed by atoms with Crippen molar-refractivity contribution in [1.82, 2.24) is 10.1 Å². The molecule has 0 saturated heterocycles. The van der Waals surface area contributed by atoms with Crippen molar-refractivity contribution in [2.45, 2.75) is 6.42 Å². The third-order valence-electron chi connectivity index (χ3n) is 3.88. The molecule has 1 N–H and O–H groups in total. The van der Waals surface area contributed by atoms with Crippen LogP contribution in [0.25, 0.3) is 11.5 Å². The second-order valence-corrected chi connectivity index (χ2v) is 5.54. The Morgan fingerprint density at radius 1 is 1.08 bits per heavy atom. The lowest BCUT2D eigenvalue weighted by atomic mass is 10.1. The molecular weight excluding hydrogens is 336 g/mol. The first-order chi connectivity index (χ1) is 12.6. The highest BCUT2D eigenvalue weighted by atomic mass is 16.5. The number of aliphatic hydroxyl groups excluding tert-OH is 1. The molecule has 0 spiro atoms. The standard InChI is InChI=1S/C19H18N2O5/c1-24-16-8-7-14(10-17(16)25-2)19-20-18(21-26-19)9-12-3-5-13(6-4-12)15(23)11-22/h3-8,10,22H,9,11H2,1-2H3. The van der Waals surface area contributed by atoms with Crippen molar-refractivity contribution < 1.29 is 23.9 Å². The van der Waals surface area contributed by atoms with Crippen LogP contribution in [0, 0.1) is 0 Å². The fraction of sp³-hybridized carbons (Fsp3) is 0.211. The van der Waals surface area contributed by atoms with Gasteiger partial charge >= 0.3 is 0 Å². The summed E-state index contributed by atoms with van der Waals surface area (Å²) in [6.45, 7) is -0.501. The van der Waals surface area contributed by atoms with Crippen LogP contribution in [0.15, 0.2) is 47.0 Å². The predicted octanol–water partition coefficient (Wildman–Crippen LogP) is 2.52. The molecule has 0 atom stereocenters. The molecule has 7 nitrogen and oxygen atoms in total. The number of aliphatic hydroxyl groups is 1. The normalized spacial score (nSPS) is 10.6. The molecule has 0 aliphatic rings. The lowest BCUT2D eigenvalue weighted by Gasteiger charge is -2.07. The number of nitrogens with zero attached hydrogens (tertiary/aromatic N) is 2. The van der Waals surface area contributed by atoms with Gasteiger partial charge in [-0.1, -0.05) is 29.4 Å². The quantitative estimate of drug-likeness (QED) is 0.651. The third kappa shape index (κ3) is 3.73. The summed E-state index contributed by atoms with van der Waals surface area (Å²) in [6, 6.07) is 12.3. The number of ketones is 1. The molecule has 0 unspecified atom stereocenters. The molecular formula is C19H18N2O5. The van der Waals surface area contributed by atoms with Crippen molar-refractivity contribution in [1.29, 1.82) is 0 Å². The lowest BCUT2D eigenvalue weighted by molar-refractivity contribution is 0.0903. The smallest absolute Gasteiger partial charge is 0.258 e. The summed E-state index contributed by atoms with van der Waals surface area (Å²) in [5, 5.41) is 12.9. The fourth-order valence-electron chi connectivity index (χ4n) is 2.49. The molecule has 3 rings (SSSR count). The van der Waals surface area contributed by atoms with Crippen molar-refractivity contribution in [2.75, 3.05) is 20.8 Å². The largest absolute Gasteiger partial charge is 0.493 e. The van der Waals surface area contributed by atoms with Gasteiger partial charge in [-0.05, 0) is 23.8 Å². The lowest BCUT2D eigenvalue weighted by Crippen LogP contribution is -2.04. The molecule has 1 heterocycles. The van der Waals surface area contributed by atoms with E-state index in [1.54, 1.807) is 50.6 Å². The van der Waals surface area contributed by atoms with E-state index in [4.69, 9.17) is 19.1 Å². The average Bonchev–Trinajstić information content (AvgIpc) is 3.15. The summed E-state index contributed by atoms with van der Waals surface area (Å²) in [4.78, 5) is 15.8. The van der Waals surface area contributed by atoms with Gasteiger partial charge in [0, 0.05) is 17.5 Å². The van der Waals surface area contributed by atoms with Gasteiger partial charge in [0.1, 0.15) is 6.61 Å². The Labute approximate surface area is 150 Å². The molecule has 0 fully saturated rings. The van der Waals surface area contributed by atoms with Crippen LogP contribution in [0.4, 0.5) is 0 Å². The first-order valence-electron chi connectivity index (χ1n) is 7.92. The molecule has 3 aromatic rings. The van der Waals surface area contributed by atoms with Crippen molar-refractivity contribution in [3.63, 3.8) is 0 Å². The van der Waals surface area contributed by atoms with Crippen LogP contribution in [-0.4, -0.2) is 41.9 Å². The Morgan fingerprint density at radius 2 is 1.81 bits per heavy atom. The summed E-state index contributed by atoms with van der Waals surface area (Å²) >= 11 is 0. The second kappa shape index (κ2) is 7.79. The van der Waals surface area contributed by atoms with Crippen LogP contribution in [0.2, 0.25) is 0 Å². The first-order valence-corrected chi connectivity index (χ1v) is 7.92. The van der Waals surface area contributed by atoms with E-state index < -0.39 is 6.61 Å². The molecule has 134 valence electrons. The molecule has 0 aliphatic heterocycles. The van der Waals surface area contributed by atoms with E-state index in [-0.39, 0.29) is 5.78 Å². The van der Waals surface area contributed by atoms with Crippen molar-refractivity contribution in [2.24, 2.45) is 0 Å². The third-order valence-corrected chi connectivity index (χ3v) is 3.88. The Kier molecular flexibility index (Phi) is 5.28. The molecule has 1 aromatic heterocycles. The van der Waals surface area contributed by atoms with Gasteiger partial charge in [-0.25, -0.2) is 0 Å². The molecule has 0 amide bonds. The van der Waals surface area contributed by atoms with E-state index in [0.29, 0.717) is 35.2 Å². The Morgan fingerprint density at radius 3 is 2.46 bits per heavy atom. The molecule has 0 bridgehead atoms. The Balaban J connectivity index is 1.77. The number of aromatic nitrogens is 2. The summed E-state index contributed by atoms with van der Waals surface area (Å²) in [5.74, 6) is 1.79. The molecule has 0 saturated carbocycles. The van der Waals surface area contributed by atoms with Crippen LogP contribution < -0.4 is 9.47 Å². The molecule has 7 heteroatoms. The number of carbonyl (C=O) groups excluding carboxylic acids is 1. The van der Waals surface area contributed by atoms with E-state index in [9.17, 15) is 4.79 Å². The monoisotopic (exact) mass is 354 g/mol. The molecule has 26 heavy (non-hydrogen) atoms. The SMILES string of the molecule is COc1ccc(-c2nc(Cc3ccc(C(=O)CO)cc3)no2)cc1OC. The minimum absolute atomic E-state index is 0.313. The van der Waals surface area contributed by atoms with Gasteiger partial charge in [0.15, 0.2) is 23.1 Å². The van der Waals surface area contributed by atoms with Crippen LogP contribution >= 0.6 is 0 Å². The van der Waals surface area contributed by atoms with Gasteiger partial charge in [0.05, 0.1) is 14.2 Å². The van der Waals surface area contributed by atoms with Crippen molar-refractivity contribution in [3.05, 3.63) is 59.4 Å². The summed E-state index contributed by atoms with van der Waals surface area (Å²) in [5.41, 5.74) is 2.12. The average molecular weight is 354 g/mol. The zero-order chi connectivity index (χ0) is 18.5. The van der Waals surface area contributed by atoms with E-state index in [1.807, 2.05) is 6.07 Å². The van der Waals surface area contributed by atoms with Gasteiger partial charge in [0.2, 0.25) is 0 Å². The van der Waals surface area contributed by atoms with Crippen LogP contribution in [0.5, 0.6) is 11.5 Å². The molecule has 2 aromatic carbocycles. The van der Waals surface area contributed by atoms with E-state index in [2.05, 4.69) is 10.1 Å². The summed E-state index contributed by atoms with van der Waals surface area (Å²) in [7, 11) is 3.13. The number of benzene rings is 2. The zero-order valence-electron chi connectivity index (χ0n) is 14.4. The predicted molar refractivity (Wildman–Crippen MR) is 93.5 cm³/mol. The highest BCUT2D eigenvalue weighted by Crippen LogP contribution is 2.31.